The van der Waals surface area contributed by atoms with E-state index in [4.69, 9.17) is 4.74 Å². The molecule has 1 aromatic rings. The molecule has 6 nitrogen and oxygen atoms in total. The Morgan fingerprint density at radius 2 is 2.07 bits per heavy atom. The van der Waals surface area contributed by atoms with Gasteiger partial charge in [0, 0.05) is 39.7 Å². The van der Waals surface area contributed by atoms with Crippen molar-refractivity contribution in [2.45, 2.75) is 45.8 Å². The summed E-state index contributed by atoms with van der Waals surface area (Å²) in [4.78, 5) is 13.8. The molecule has 1 aliphatic rings. The van der Waals surface area contributed by atoms with Crippen molar-refractivity contribution >= 4 is 41.3 Å². The Labute approximate surface area is 185 Å². The number of hydrogen-bond acceptors (Lipinski definition) is 5. The number of thiazole rings is 1. The first-order chi connectivity index (χ1) is 12.5. The molecule has 2 heterocycles. The number of halogens is 1. The highest BCUT2D eigenvalue weighted by Crippen LogP contribution is 2.21. The van der Waals surface area contributed by atoms with Crippen molar-refractivity contribution in [1.29, 1.82) is 0 Å². The molecular weight excluding hydrogens is 473 g/mol. The van der Waals surface area contributed by atoms with Crippen LogP contribution in [0.1, 0.15) is 49.9 Å². The zero-order valence-corrected chi connectivity index (χ0v) is 20.5. The quantitative estimate of drug-likeness (QED) is 0.330. The van der Waals surface area contributed by atoms with Crippen molar-refractivity contribution in [2.24, 2.45) is 10.9 Å². The average molecular weight is 510 g/mol. The van der Waals surface area contributed by atoms with E-state index >= 15 is 0 Å². The van der Waals surface area contributed by atoms with E-state index in [0.29, 0.717) is 5.92 Å². The lowest BCUT2D eigenvalue weighted by Crippen LogP contribution is -2.43. The largest absolute Gasteiger partial charge is 0.375 e. The lowest BCUT2D eigenvalue weighted by Gasteiger charge is -2.30. The molecule has 1 aromatic heterocycles. The highest BCUT2D eigenvalue weighted by Gasteiger charge is 2.16. The zero-order valence-electron chi connectivity index (χ0n) is 17.4. The second-order valence-electron chi connectivity index (χ2n) is 7.31. The number of likely N-dealkylation sites (tertiary alicyclic amines) is 1. The van der Waals surface area contributed by atoms with Gasteiger partial charge in [-0.25, -0.2) is 4.98 Å². The smallest absolute Gasteiger partial charge is 0.193 e. The van der Waals surface area contributed by atoms with E-state index in [-0.39, 0.29) is 30.1 Å². The number of piperidine rings is 1. The van der Waals surface area contributed by atoms with E-state index in [2.05, 4.69) is 44.4 Å². The van der Waals surface area contributed by atoms with Gasteiger partial charge in [-0.1, -0.05) is 13.3 Å². The Hall–Kier alpha value is -0.450. The fourth-order valence-electron chi connectivity index (χ4n) is 3.30. The molecule has 0 aliphatic carbocycles. The van der Waals surface area contributed by atoms with Crippen LogP contribution in [0.2, 0.25) is 0 Å². The van der Waals surface area contributed by atoms with E-state index < -0.39 is 0 Å². The number of aliphatic imine (C=N–C) groups is 1. The van der Waals surface area contributed by atoms with Crippen molar-refractivity contribution in [2.75, 3.05) is 47.4 Å². The Morgan fingerprint density at radius 1 is 1.37 bits per heavy atom. The molecule has 0 saturated carbocycles. The molecule has 0 aromatic carbocycles. The van der Waals surface area contributed by atoms with Crippen LogP contribution in [0.15, 0.2) is 10.4 Å². The van der Waals surface area contributed by atoms with Gasteiger partial charge in [-0.3, -0.25) is 4.99 Å². The fourth-order valence-corrected chi connectivity index (χ4v) is 4.14. The van der Waals surface area contributed by atoms with E-state index in [1.807, 2.05) is 14.0 Å². The second-order valence-corrected chi connectivity index (χ2v) is 8.20. The third-order valence-corrected chi connectivity index (χ3v) is 5.93. The van der Waals surface area contributed by atoms with Gasteiger partial charge < -0.3 is 19.9 Å². The van der Waals surface area contributed by atoms with Gasteiger partial charge in [-0.2, -0.15) is 0 Å². The van der Waals surface area contributed by atoms with Crippen LogP contribution in [-0.4, -0.2) is 68.1 Å². The van der Waals surface area contributed by atoms with Crippen LogP contribution in [0.25, 0.3) is 0 Å². The molecule has 2 unspecified atom stereocenters. The fraction of sp³-hybridized carbons (Fsp3) is 0.789. The van der Waals surface area contributed by atoms with Gasteiger partial charge in [0.25, 0.3) is 0 Å². The lowest BCUT2D eigenvalue weighted by atomic mass is 10.1. The Morgan fingerprint density at radius 3 is 2.70 bits per heavy atom. The summed E-state index contributed by atoms with van der Waals surface area (Å²) in [5, 5.41) is 6.65. The molecule has 156 valence electrons. The summed E-state index contributed by atoms with van der Waals surface area (Å²) in [5.41, 5.74) is 1.06. The topological polar surface area (TPSA) is 53.0 Å². The number of nitrogens with one attached hydrogen (secondary N) is 1. The molecule has 2 rings (SSSR count). The number of methoxy groups -OCH3 is 1. The molecule has 0 bridgehead atoms. The normalized spacial score (nSPS) is 17.9. The minimum absolute atomic E-state index is 0. The summed E-state index contributed by atoms with van der Waals surface area (Å²) in [5.74, 6) is 1.52. The minimum atomic E-state index is 0. The van der Waals surface area contributed by atoms with Crippen LogP contribution < -0.4 is 5.32 Å². The van der Waals surface area contributed by atoms with E-state index in [0.717, 1.165) is 36.3 Å². The molecule has 8 heteroatoms. The number of ether oxygens (including phenoxy) is 1. The molecule has 1 N–H and O–H groups in total. The molecule has 1 fully saturated rings. The summed E-state index contributed by atoms with van der Waals surface area (Å²) in [7, 11) is 5.62. The molecule has 1 aliphatic heterocycles. The first kappa shape index (κ1) is 24.6. The second kappa shape index (κ2) is 12.9. The van der Waals surface area contributed by atoms with Gasteiger partial charge in [-0.15, -0.1) is 35.3 Å². The van der Waals surface area contributed by atoms with Crippen molar-refractivity contribution in [3.8, 4) is 0 Å². The summed E-state index contributed by atoms with van der Waals surface area (Å²) in [6.45, 7) is 9.70. The molecule has 1 saturated heterocycles. The predicted octanol–water partition coefficient (Wildman–Crippen LogP) is 3.60. The zero-order chi connectivity index (χ0) is 18.9. The van der Waals surface area contributed by atoms with Gasteiger partial charge in [0.1, 0.15) is 11.1 Å². The van der Waals surface area contributed by atoms with Gasteiger partial charge in [0.05, 0.1) is 12.2 Å². The van der Waals surface area contributed by atoms with Crippen LogP contribution in [0, 0.1) is 5.92 Å². The molecule has 0 amide bonds. The Bertz CT molecular complexity index is 562. The number of guanidine groups is 1. The van der Waals surface area contributed by atoms with Crippen LogP contribution >= 0.6 is 35.3 Å². The third kappa shape index (κ3) is 8.21. The predicted molar refractivity (Wildman–Crippen MR) is 125 cm³/mol. The highest BCUT2D eigenvalue weighted by molar-refractivity contribution is 14.0. The monoisotopic (exact) mass is 509 g/mol. The maximum Gasteiger partial charge on any atom is 0.193 e. The van der Waals surface area contributed by atoms with Crippen molar-refractivity contribution < 1.29 is 4.74 Å². The molecule has 27 heavy (non-hydrogen) atoms. The van der Waals surface area contributed by atoms with Gasteiger partial charge in [0.2, 0.25) is 0 Å². The summed E-state index contributed by atoms with van der Waals surface area (Å²) in [6.07, 6.45) is 4.14. The maximum absolute atomic E-state index is 5.34. The minimum Gasteiger partial charge on any atom is -0.375 e. The van der Waals surface area contributed by atoms with Crippen LogP contribution in [0.4, 0.5) is 0 Å². The van der Waals surface area contributed by atoms with Gasteiger partial charge in [0.15, 0.2) is 5.96 Å². The summed E-state index contributed by atoms with van der Waals surface area (Å²) in [6, 6.07) is 0. The number of hydrogen-bond donors (Lipinski definition) is 1. The van der Waals surface area contributed by atoms with Crippen molar-refractivity contribution in [1.82, 2.24) is 20.1 Å². The average Bonchev–Trinajstić information content (AvgIpc) is 3.10. The van der Waals surface area contributed by atoms with E-state index in [1.54, 1.807) is 18.4 Å². The van der Waals surface area contributed by atoms with Crippen LogP contribution in [0.3, 0.4) is 0 Å². The SMILES string of the molecule is CN=C(NCC(C)CN1CCCCC1)N(C)Cc1csc(C(C)OC)n1.I. The van der Waals surface area contributed by atoms with Gasteiger partial charge >= 0.3 is 0 Å². The summed E-state index contributed by atoms with van der Waals surface area (Å²) < 4.78 is 5.34. The number of nitrogens with zero attached hydrogens (tertiary/aromatic N) is 4. The maximum atomic E-state index is 5.34. The highest BCUT2D eigenvalue weighted by atomic mass is 127. The van der Waals surface area contributed by atoms with Crippen molar-refractivity contribution in [3.63, 3.8) is 0 Å². The number of aromatic nitrogens is 1. The summed E-state index contributed by atoms with van der Waals surface area (Å²) >= 11 is 1.65. The van der Waals surface area contributed by atoms with Gasteiger partial charge in [-0.05, 0) is 38.8 Å². The first-order valence-electron chi connectivity index (χ1n) is 9.64. The molecular formula is C19H36IN5OS. The van der Waals surface area contributed by atoms with Crippen molar-refractivity contribution in [3.05, 3.63) is 16.1 Å². The van der Waals surface area contributed by atoms with E-state index in [1.165, 1.54) is 32.4 Å². The molecule has 2 atom stereocenters. The number of rotatable bonds is 8. The van der Waals surface area contributed by atoms with Crippen LogP contribution in [-0.2, 0) is 11.3 Å². The first-order valence-corrected chi connectivity index (χ1v) is 10.5. The molecule has 0 radical (unpaired) electrons. The van der Waals surface area contributed by atoms with Crippen LogP contribution in [0.5, 0.6) is 0 Å². The third-order valence-electron chi connectivity index (χ3n) is 4.87. The molecule has 0 spiro atoms. The lowest BCUT2D eigenvalue weighted by molar-refractivity contribution is 0.119. The Balaban J connectivity index is 0.00000364. The van der Waals surface area contributed by atoms with E-state index in [9.17, 15) is 0 Å². The Kier molecular flexibility index (Phi) is 11.7. The standard InChI is InChI=1S/C19H35N5OS.HI/c1-15(12-24-9-7-6-8-10-24)11-21-19(20-3)23(4)13-17-14-26-18(22-17)16(2)25-5;/h14-16H,6-13H2,1-5H3,(H,20,21);1H.